The average Bonchev–Trinajstić information content (AvgIpc) is 2.75. The first-order valence-electron chi connectivity index (χ1n) is 8.69. The van der Waals surface area contributed by atoms with Crippen LogP contribution in [0.1, 0.15) is 0 Å². The van der Waals surface area contributed by atoms with Crippen molar-refractivity contribution >= 4 is 7.69 Å². The van der Waals surface area contributed by atoms with Gasteiger partial charge < -0.3 is 9.68 Å². The van der Waals surface area contributed by atoms with Gasteiger partial charge in [0.2, 0.25) is 0 Å². The second-order valence-corrected chi connectivity index (χ2v) is 6.11. The summed E-state index contributed by atoms with van der Waals surface area (Å²) in [6.45, 7) is 0. The van der Waals surface area contributed by atoms with Gasteiger partial charge in [0.15, 0.2) is 0 Å². The van der Waals surface area contributed by atoms with Crippen molar-refractivity contribution in [2.45, 2.75) is 0 Å². The molecule has 27 heavy (non-hydrogen) atoms. The summed E-state index contributed by atoms with van der Waals surface area (Å²) in [6.07, 6.45) is 0. The Morgan fingerprint density at radius 3 is 1.67 bits per heavy atom. The van der Waals surface area contributed by atoms with E-state index in [4.69, 9.17) is 14.7 Å². The Balaban J connectivity index is 1.83. The van der Waals surface area contributed by atoms with E-state index in [1.165, 1.54) is 0 Å². The van der Waals surface area contributed by atoms with Gasteiger partial charge in [-0.2, -0.15) is 0 Å². The highest BCUT2D eigenvalue weighted by atomic mass is 16.5. The van der Waals surface area contributed by atoms with Crippen LogP contribution in [-0.2, 0) is 0 Å². The third kappa shape index (κ3) is 3.91. The summed E-state index contributed by atoms with van der Waals surface area (Å²) in [5.41, 5.74) is 6.13. The molecule has 1 aromatic heterocycles. The molecule has 129 valence electrons. The number of aromatic nitrogens is 1. The molecule has 1 heterocycles. The van der Waals surface area contributed by atoms with E-state index in [0.29, 0.717) is 13.4 Å². The van der Waals surface area contributed by atoms with Crippen LogP contribution in [0.2, 0.25) is 0 Å². The minimum Gasteiger partial charge on any atom is -0.537 e. The highest BCUT2D eigenvalue weighted by Crippen LogP contribution is 2.30. The molecule has 0 fully saturated rings. The minimum absolute atomic E-state index is 0.573. The molecule has 3 nitrogen and oxygen atoms in total. The zero-order chi connectivity index (χ0) is 18.5. The molecular weight excluding hydrogens is 333 g/mol. The van der Waals surface area contributed by atoms with Crippen molar-refractivity contribution in [3.63, 3.8) is 0 Å². The van der Waals surface area contributed by atoms with Crippen molar-refractivity contribution in [3.8, 4) is 39.4 Å². The molecule has 0 spiro atoms. The van der Waals surface area contributed by atoms with E-state index in [1.54, 1.807) is 12.1 Å². The summed E-state index contributed by atoms with van der Waals surface area (Å²) in [7, 11) is 0.677. The molecule has 0 atom stereocenters. The van der Waals surface area contributed by atoms with Gasteiger partial charge in [-0.3, -0.25) is 0 Å². The van der Waals surface area contributed by atoms with Crippen molar-refractivity contribution < 1.29 is 9.68 Å². The van der Waals surface area contributed by atoms with Gasteiger partial charge in [0.25, 0.3) is 0 Å². The van der Waals surface area contributed by atoms with Crippen molar-refractivity contribution in [2.24, 2.45) is 0 Å². The lowest BCUT2D eigenvalue weighted by Gasteiger charge is -2.11. The summed E-state index contributed by atoms with van der Waals surface area (Å²) in [5.74, 6) is 0.573. The molecule has 0 aliphatic rings. The highest BCUT2D eigenvalue weighted by Gasteiger charge is 2.09. The molecule has 3 aromatic carbocycles. The molecular formula is C23H17BNO2. The Bertz CT molecular complexity index is 961. The van der Waals surface area contributed by atoms with Gasteiger partial charge in [-0.1, -0.05) is 60.7 Å². The van der Waals surface area contributed by atoms with Crippen LogP contribution in [-0.4, -0.2) is 17.7 Å². The van der Waals surface area contributed by atoms with Gasteiger partial charge in [-0.05, 0) is 47.5 Å². The Kier molecular flexibility index (Phi) is 4.99. The third-order valence-electron chi connectivity index (χ3n) is 4.34. The van der Waals surface area contributed by atoms with E-state index in [2.05, 4.69) is 36.4 Å². The van der Waals surface area contributed by atoms with Crippen LogP contribution in [0.15, 0.2) is 97.1 Å². The maximum absolute atomic E-state index is 8.77. The molecule has 1 N–H and O–H groups in total. The maximum atomic E-state index is 8.77. The van der Waals surface area contributed by atoms with Gasteiger partial charge in [0.05, 0.1) is 11.4 Å². The molecule has 4 rings (SSSR count). The first kappa shape index (κ1) is 17.1. The summed E-state index contributed by atoms with van der Waals surface area (Å²) in [5, 5.41) is 8.77. The van der Waals surface area contributed by atoms with E-state index in [-0.39, 0.29) is 0 Å². The van der Waals surface area contributed by atoms with E-state index < -0.39 is 0 Å². The summed E-state index contributed by atoms with van der Waals surface area (Å²) in [4.78, 5) is 4.88. The molecule has 0 amide bonds. The predicted molar refractivity (Wildman–Crippen MR) is 109 cm³/mol. The number of pyridine rings is 1. The summed E-state index contributed by atoms with van der Waals surface area (Å²) < 4.78 is 4.99. The molecule has 0 saturated carbocycles. The number of hydrogen-bond donors (Lipinski definition) is 1. The van der Waals surface area contributed by atoms with Crippen LogP contribution < -0.4 is 4.65 Å². The minimum atomic E-state index is 0.573. The fourth-order valence-electron chi connectivity index (χ4n) is 3.00. The van der Waals surface area contributed by atoms with Crippen LogP contribution in [0, 0.1) is 0 Å². The summed E-state index contributed by atoms with van der Waals surface area (Å²) >= 11 is 0. The molecule has 4 aromatic rings. The lowest BCUT2D eigenvalue weighted by Crippen LogP contribution is -1.99. The zero-order valence-electron chi connectivity index (χ0n) is 14.6. The second kappa shape index (κ2) is 7.89. The Hall–Kier alpha value is -3.37. The van der Waals surface area contributed by atoms with E-state index in [9.17, 15) is 0 Å². The summed E-state index contributed by atoms with van der Waals surface area (Å²) in [6, 6.07) is 32.1. The van der Waals surface area contributed by atoms with E-state index in [1.807, 2.05) is 48.5 Å². The quantitative estimate of drug-likeness (QED) is 0.516. The molecule has 1 radical (unpaired) electrons. The number of benzene rings is 3. The lowest BCUT2D eigenvalue weighted by atomic mass is 10.00. The van der Waals surface area contributed by atoms with Crippen molar-refractivity contribution in [2.75, 3.05) is 0 Å². The monoisotopic (exact) mass is 350 g/mol. The second-order valence-electron chi connectivity index (χ2n) is 6.11. The van der Waals surface area contributed by atoms with Crippen LogP contribution in [0.4, 0.5) is 0 Å². The van der Waals surface area contributed by atoms with Gasteiger partial charge in [0, 0.05) is 11.1 Å². The fourth-order valence-corrected chi connectivity index (χ4v) is 3.00. The predicted octanol–water partition coefficient (Wildman–Crippen LogP) is 4.99. The third-order valence-corrected chi connectivity index (χ3v) is 4.34. The molecule has 0 aliphatic carbocycles. The number of nitrogens with zero attached hydrogens (tertiary/aromatic N) is 1. The normalized spacial score (nSPS) is 10.4. The smallest absolute Gasteiger partial charge is 0.537 e. The Morgan fingerprint density at radius 2 is 1.11 bits per heavy atom. The van der Waals surface area contributed by atoms with Gasteiger partial charge in [-0.25, -0.2) is 4.98 Å². The van der Waals surface area contributed by atoms with Crippen molar-refractivity contribution in [3.05, 3.63) is 97.1 Å². The van der Waals surface area contributed by atoms with Gasteiger partial charge in [0.1, 0.15) is 5.75 Å². The first-order valence-corrected chi connectivity index (χ1v) is 8.69. The largest absolute Gasteiger partial charge is 0.569 e. The van der Waals surface area contributed by atoms with Crippen LogP contribution in [0.25, 0.3) is 33.6 Å². The Morgan fingerprint density at radius 1 is 0.593 bits per heavy atom. The standard InChI is InChI=1S/C23H17BNO2/c26-24-27-21-13-11-19(12-14-21)23-16-20(17-7-3-1-4-8-17)15-22(25-23)18-9-5-2-6-10-18/h1-16,26H. The lowest BCUT2D eigenvalue weighted by molar-refractivity contribution is 0.454. The Labute approximate surface area is 159 Å². The van der Waals surface area contributed by atoms with Crippen molar-refractivity contribution in [1.82, 2.24) is 4.98 Å². The molecule has 0 aliphatic heterocycles. The van der Waals surface area contributed by atoms with Crippen molar-refractivity contribution in [1.29, 1.82) is 0 Å². The topological polar surface area (TPSA) is 42.4 Å². The number of hydrogen-bond acceptors (Lipinski definition) is 3. The van der Waals surface area contributed by atoms with Gasteiger partial charge >= 0.3 is 7.69 Å². The first-order chi connectivity index (χ1) is 13.3. The molecule has 0 bridgehead atoms. The molecule has 4 heteroatoms. The molecule has 0 unspecified atom stereocenters. The van der Waals surface area contributed by atoms with Gasteiger partial charge in [-0.15, -0.1) is 0 Å². The molecule has 0 saturated heterocycles. The maximum Gasteiger partial charge on any atom is 0.569 e. The van der Waals surface area contributed by atoms with E-state index in [0.717, 1.165) is 33.6 Å². The van der Waals surface area contributed by atoms with E-state index >= 15 is 0 Å². The number of rotatable bonds is 5. The SMILES string of the molecule is O[B]Oc1ccc(-c2cc(-c3ccccc3)cc(-c3ccccc3)n2)cc1. The van der Waals surface area contributed by atoms with Crippen LogP contribution in [0.3, 0.4) is 0 Å². The zero-order valence-corrected chi connectivity index (χ0v) is 14.6. The average molecular weight is 350 g/mol. The highest BCUT2D eigenvalue weighted by molar-refractivity contribution is 6.17. The van der Waals surface area contributed by atoms with Crippen LogP contribution >= 0.6 is 0 Å². The van der Waals surface area contributed by atoms with Crippen LogP contribution in [0.5, 0.6) is 5.75 Å². The fraction of sp³-hybridized carbons (Fsp3) is 0.